The van der Waals surface area contributed by atoms with Crippen LogP contribution in [0.25, 0.3) is 0 Å². The maximum Gasteiger partial charge on any atom is 0.234 e. The van der Waals surface area contributed by atoms with E-state index in [1.807, 2.05) is 14.0 Å². The van der Waals surface area contributed by atoms with Crippen LogP contribution in [0.3, 0.4) is 0 Å². The number of rotatable bonds is 3. The molecule has 1 amide bonds. The highest BCUT2D eigenvalue weighted by Gasteiger charge is 2.31. The molecule has 0 spiro atoms. The number of nitrogens with zero attached hydrogens (tertiary/aromatic N) is 1. The summed E-state index contributed by atoms with van der Waals surface area (Å²) in [6.07, 6.45) is 4.85. The Kier molecular flexibility index (Phi) is 3.77. The zero-order chi connectivity index (χ0) is 11.6. The van der Waals surface area contributed by atoms with Crippen molar-refractivity contribution in [3.8, 4) is 0 Å². The summed E-state index contributed by atoms with van der Waals surface area (Å²) in [6.45, 7) is 6.53. The Hall–Kier alpha value is -0.570. The van der Waals surface area contributed by atoms with Crippen LogP contribution in [-0.4, -0.2) is 29.9 Å². The SMILES string of the molecule is CC(C(N)=O)N(C)C1CCC(C)(C)CC1. The minimum absolute atomic E-state index is 0.142. The van der Waals surface area contributed by atoms with Gasteiger partial charge >= 0.3 is 0 Å². The molecule has 1 fully saturated rings. The Morgan fingerprint density at radius 3 is 2.27 bits per heavy atom. The standard InChI is InChI=1S/C12H24N2O/c1-9(11(13)15)14(4)10-5-7-12(2,3)8-6-10/h9-10H,5-8H2,1-4H3,(H2,13,15). The van der Waals surface area contributed by atoms with Gasteiger partial charge in [0.2, 0.25) is 5.91 Å². The van der Waals surface area contributed by atoms with Gasteiger partial charge < -0.3 is 5.73 Å². The van der Waals surface area contributed by atoms with Crippen LogP contribution in [0.5, 0.6) is 0 Å². The van der Waals surface area contributed by atoms with Gasteiger partial charge in [-0.3, -0.25) is 9.69 Å². The van der Waals surface area contributed by atoms with Gasteiger partial charge in [0.1, 0.15) is 0 Å². The van der Waals surface area contributed by atoms with E-state index in [4.69, 9.17) is 5.73 Å². The highest BCUT2D eigenvalue weighted by molar-refractivity contribution is 5.79. The summed E-state index contributed by atoms with van der Waals surface area (Å²) in [5, 5.41) is 0. The van der Waals surface area contributed by atoms with Crippen LogP contribution in [0.15, 0.2) is 0 Å². The first-order valence-corrected chi connectivity index (χ1v) is 5.85. The lowest BCUT2D eigenvalue weighted by Crippen LogP contribution is -2.47. The molecule has 3 nitrogen and oxygen atoms in total. The van der Waals surface area contributed by atoms with Gasteiger partial charge in [0, 0.05) is 6.04 Å². The molecule has 3 heteroatoms. The second-order valence-electron chi connectivity index (χ2n) is 5.64. The Morgan fingerprint density at radius 2 is 1.87 bits per heavy atom. The fourth-order valence-electron chi connectivity index (χ4n) is 2.31. The summed E-state index contributed by atoms with van der Waals surface area (Å²) < 4.78 is 0. The van der Waals surface area contributed by atoms with Crippen LogP contribution in [-0.2, 0) is 4.79 Å². The molecule has 0 aromatic rings. The van der Waals surface area contributed by atoms with Crippen LogP contribution in [0.1, 0.15) is 46.5 Å². The number of primary amides is 1. The van der Waals surface area contributed by atoms with Crippen molar-refractivity contribution < 1.29 is 4.79 Å². The lowest BCUT2D eigenvalue weighted by molar-refractivity contribution is -0.123. The summed E-state index contributed by atoms with van der Waals surface area (Å²) in [5.74, 6) is -0.220. The maximum absolute atomic E-state index is 11.1. The van der Waals surface area contributed by atoms with Crippen LogP contribution in [0, 0.1) is 5.41 Å². The molecular weight excluding hydrogens is 188 g/mol. The first-order valence-electron chi connectivity index (χ1n) is 5.85. The summed E-state index contributed by atoms with van der Waals surface area (Å²) in [6, 6.07) is 0.386. The lowest BCUT2D eigenvalue weighted by atomic mass is 9.75. The van der Waals surface area contributed by atoms with Crippen molar-refractivity contribution in [1.29, 1.82) is 0 Å². The molecule has 0 heterocycles. The molecule has 1 aliphatic carbocycles. The fourth-order valence-corrected chi connectivity index (χ4v) is 2.31. The van der Waals surface area contributed by atoms with Crippen molar-refractivity contribution in [3.05, 3.63) is 0 Å². The molecule has 0 aliphatic heterocycles. The van der Waals surface area contributed by atoms with E-state index < -0.39 is 0 Å². The summed E-state index contributed by atoms with van der Waals surface area (Å²) in [5.41, 5.74) is 5.80. The van der Waals surface area contributed by atoms with Crippen molar-refractivity contribution in [2.24, 2.45) is 11.1 Å². The molecule has 1 unspecified atom stereocenters. The minimum atomic E-state index is -0.220. The van der Waals surface area contributed by atoms with E-state index in [0.29, 0.717) is 11.5 Å². The largest absolute Gasteiger partial charge is 0.368 e. The fraction of sp³-hybridized carbons (Fsp3) is 0.917. The number of carbonyl (C=O) groups is 1. The number of nitrogens with two attached hydrogens (primary N) is 1. The van der Waals surface area contributed by atoms with Gasteiger partial charge in [-0.1, -0.05) is 13.8 Å². The van der Waals surface area contributed by atoms with Gasteiger partial charge in [-0.25, -0.2) is 0 Å². The Bertz CT molecular complexity index is 228. The molecule has 0 radical (unpaired) electrons. The first-order chi connectivity index (χ1) is 6.83. The zero-order valence-electron chi connectivity index (χ0n) is 10.4. The third kappa shape index (κ3) is 3.20. The summed E-state index contributed by atoms with van der Waals surface area (Å²) in [4.78, 5) is 13.2. The Morgan fingerprint density at radius 1 is 1.40 bits per heavy atom. The van der Waals surface area contributed by atoms with Gasteiger partial charge in [-0.15, -0.1) is 0 Å². The topological polar surface area (TPSA) is 46.3 Å². The maximum atomic E-state index is 11.1. The number of hydrogen-bond acceptors (Lipinski definition) is 2. The molecule has 1 rings (SSSR count). The third-order valence-electron chi connectivity index (χ3n) is 3.91. The molecule has 1 aliphatic rings. The molecule has 2 N–H and O–H groups in total. The van der Waals surface area contributed by atoms with Crippen molar-refractivity contribution in [3.63, 3.8) is 0 Å². The van der Waals surface area contributed by atoms with Crippen LogP contribution in [0.2, 0.25) is 0 Å². The smallest absolute Gasteiger partial charge is 0.234 e. The predicted molar refractivity (Wildman–Crippen MR) is 62.5 cm³/mol. The molecule has 0 bridgehead atoms. The van der Waals surface area contributed by atoms with E-state index in [1.54, 1.807) is 0 Å². The van der Waals surface area contributed by atoms with E-state index in [-0.39, 0.29) is 11.9 Å². The molecule has 1 saturated carbocycles. The molecule has 0 aromatic heterocycles. The number of amides is 1. The number of carbonyl (C=O) groups excluding carboxylic acids is 1. The second kappa shape index (κ2) is 4.52. The van der Waals surface area contributed by atoms with Gasteiger partial charge in [-0.2, -0.15) is 0 Å². The number of hydrogen-bond donors (Lipinski definition) is 1. The van der Waals surface area contributed by atoms with E-state index in [9.17, 15) is 4.79 Å². The second-order valence-corrected chi connectivity index (χ2v) is 5.64. The average molecular weight is 212 g/mol. The van der Waals surface area contributed by atoms with Crippen molar-refractivity contribution >= 4 is 5.91 Å². The van der Waals surface area contributed by atoms with E-state index in [1.165, 1.54) is 25.7 Å². The van der Waals surface area contributed by atoms with Crippen molar-refractivity contribution in [1.82, 2.24) is 4.90 Å². The molecule has 1 atom stereocenters. The highest BCUT2D eigenvalue weighted by Crippen LogP contribution is 2.36. The van der Waals surface area contributed by atoms with Gasteiger partial charge in [0.25, 0.3) is 0 Å². The highest BCUT2D eigenvalue weighted by atomic mass is 16.1. The van der Waals surface area contributed by atoms with Crippen LogP contribution in [0.4, 0.5) is 0 Å². The van der Waals surface area contributed by atoms with E-state index in [2.05, 4.69) is 18.7 Å². The minimum Gasteiger partial charge on any atom is -0.368 e. The molecule has 0 aromatic carbocycles. The van der Waals surface area contributed by atoms with E-state index >= 15 is 0 Å². The van der Waals surface area contributed by atoms with Crippen LogP contribution >= 0.6 is 0 Å². The van der Waals surface area contributed by atoms with Crippen molar-refractivity contribution in [2.45, 2.75) is 58.5 Å². The summed E-state index contributed by atoms with van der Waals surface area (Å²) >= 11 is 0. The molecular formula is C12H24N2O. The van der Waals surface area contributed by atoms with Gasteiger partial charge in [-0.05, 0) is 45.1 Å². The predicted octanol–water partition coefficient (Wildman–Crippen LogP) is 1.76. The number of likely N-dealkylation sites (N-methyl/N-ethyl adjacent to an activating group) is 1. The van der Waals surface area contributed by atoms with Gasteiger partial charge in [0.05, 0.1) is 6.04 Å². The van der Waals surface area contributed by atoms with Crippen LogP contribution < -0.4 is 5.73 Å². The lowest BCUT2D eigenvalue weighted by Gasteiger charge is -2.40. The Balaban J connectivity index is 2.49. The average Bonchev–Trinajstić information content (AvgIpc) is 2.15. The van der Waals surface area contributed by atoms with Crippen molar-refractivity contribution in [2.75, 3.05) is 7.05 Å². The summed E-state index contributed by atoms with van der Waals surface area (Å²) in [7, 11) is 2.01. The van der Waals surface area contributed by atoms with E-state index in [0.717, 1.165) is 0 Å². The third-order valence-corrected chi connectivity index (χ3v) is 3.91. The zero-order valence-corrected chi connectivity index (χ0v) is 10.4. The quantitative estimate of drug-likeness (QED) is 0.775. The molecule has 88 valence electrons. The Labute approximate surface area is 93.0 Å². The molecule has 0 saturated heterocycles. The monoisotopic (exact) mass is 212 g/mol. The normalized spacial score (nSPS) is 24.1. The van der Waals surface area contributed by atoms with Gasteiger partial charge in [0.15, 0.2) is 0 Å². The molecule has 15 heavy (non-hydrogen) atoms. The first kappa shape index (κ1) is 12.5.